The van der Waals surface area contributed by atoms with Crippen molar-refractivity contribution in [2.45, 2.75) is 26.0 Å². The van der Waals surface area contributed by atoms with Crippen LogP contribution in [0, 0.1) is 5.92 Å². The molecule has 1 aliphatic heterocycles. The summed E-state index contributed by atoms with van der Waals surface area (Å²) >= 11 is 0. The van der Waals surface area contributed by atoms with Crippen LogP contribution in [0.4, 0.5) is 0 Å². The summed E-state index contributed by atoms with van der Waals surface area (Å²) < 4.78 is 24.5. The van der Waals surface area contributed by atoms with Gasteiger partial charge < -0.3 is 9.67 Å². The molecular weight excluding hydrogens is 228 g/mol. The molecule has 0 amide bonds. The van der Waals surface area contributed by atoms with Gasteiger partial charge >= 0.3 is 0 Å². The van der Waals surface area contributed by atoms with Gasteiger partial charge in [0, 0.05) is 12.5 Å². The topological polar surface area (TPSA) is 72.2 Å². The highest BCUT2D eigenvalue weighted by molar-refractivity contribution is 7.91. The molecule has 0 bridgehead atoms. The Morgan fingerprint density at radius 2 is 2.44 bits per heavy atom. The highest BCUT2D eigenvalue weighted by Crippen LogP contribution is 2.31. The number of hydrogen-bond donors (Lipinski definition) is 1. The van der Waals surface area contributed by atoms with Crippen LogP contribution in [0.25, 0.3) is 0 Å². The van der Waals surface area contributed by atoms with Gasteiger partial charge in [-0.1, -0.05) is 0 Å². The normalized spacial score (nSPS) is 25.8. The molecule has 1 aromatic heterocycles. The van der Waals surface area contributed by atoms with E-state index in [1.807, 2.05) is 11.5 Å². The van der Waals surface area contributed by atoms with E-state index in [-0.39, 0.29) is 17.4 Å². The van der Waals surface area contributed by atoms with Crippen LogP contribution in [-0.4, -0.2) is 34.6 Å². The molecule has 0 aliphatic carbocycles. The Hall–Kier alpha value is -0.880. The number of aliphatic hydroxyl groups excluding tert-OH is 1. The number of aromatic nitrogens is 2. The predicted octanol–water partition coefficient (Wildman–Crippen LogP) is 0.371. The summed E-state index contributed by atoms with van der Waals surface area (Å²) in [6, 6.07) is 0. The van der Waals surface area contributed by atoms with Gasteiger partial charge in [-0.25, -0.2) is 13.4 Å². The first-order valence-electron chi connectivity index (χ1n) is 5.42. The highest BCUT2D eigenvalue weighted by Gasteiger charge is 2.34. The molecule has 2 rings (SSSR count). The Labute approximate surface area is 95.0 Å². The Kier molecular flexibility index (Phi) is 3.03. The van der Waals surface area contributed by atoms with Gasteiger partial charge in [0.05, 0.1) is 35.8 Å². The third-order valence-electron chi connectivity index (χ3n) is 3.10. The summed E-state index contributed by atoms with van der Waals surface area (Å²) in [5, 5.41) is 10.1. The number of hydrogen-bond acceptors (Lipinski definition) is 4. The largest absolute Gasteiger partial charge is 0.386 e. The van der Waals surface area contributed by atoms with Gasteiger partial charge in [0.15, 0.2) is 9.84 Å². The van der Waals surface area contributed by atoms with Crippen molar-refractivity contribution in [1.29, 1.82) is 0 Å². The molecule has 16 heavy (non-hydrogen) atoms. The van der Waals surface area contributed by atoms with Gasteiger partial charge in [0.25, 0.3) is 0 Å². The molecule has 90 valence electrons. The molecule has 0 radical (unpaired) electrons. The van der Waals surface area contributed by atoms with E-state index in [4.69, 9.17) is 0 Å². The Morgan fingerprint density at radius 3 is 3.00 bits per heavy atom. The molecule has 2 heterocycles. The van der Waals surface area contributed by atoms with Crippen LogP contribution in [0.15, 0.2) is 12.5 Å². The summed E-state index contributed by atoms with van der Waals surface area (Å²) in [5.74, 6) is 0.0879. The number of nitrogens with zero attached hydrogens (tertiary/aromatic N) is 2. The minimum atomic E-state index is -2.94. The first kappa shape index (κ1) is 11.6. The summed E-state index contributed by atoms with van der Waals surface area (Å²) in [6.07, 6.45) is 3.08. The van der Waals surface area contributed by atoms with Crippen molar-refractivity contribution in [1.82, 2.24) is 9.55 Å². The SMILES string of the molecule is CCn1cncc1C(O)C1CCS(=O)(=O)C1. The van der Waals surface area contributed by atoms with Gasteiger partial charge in [0.1, 0.15) is 0 Å². The lowest BCUT2D eigenvalue weighted by Crippen LogP contribution is -2.17. The Balaban J connectivity index is 2.17. The maximum atomic E-state index is 11.3. The Morgan fingerprint density at radius 1 is 1.69 bits per heavy atom. The lowest BCUT2D eigenvalue weighted by molar-refractivity contribution is 0.113. The average Bonchev–Trinajstić information content (AvgIpc) is 2.82. The lowest BCUT2D eigenvalue weighted by Gasteiger charge is -2.17. The molecule has 1 fully saturated rings. The van der Waals surface area contributed by atoms with Crippen molar-refractivity contribution < 1.29 is 13.5 Å². The third kappa shape index (κ3) is 2.12. The molecule has 1 saturated heterocycles. The molecule has 5 nitrogen and oxygen atoms in total. The fourth-order valence-corrected chi connectivity index (χ4v) is 3.99. The van der Waals surface area contributed by atoms with Crippen LogP contribution in [0.5, 0.6) is 0 Å². The zero-order chi connectivity index (χ0) is 11.8. The van der Waals surface area contributed by atoms with Crippen LogP contribution < -0.4 is 0 Å². The van der Waals surface area contributed by atoms with Crippen molar-refractivity contribution >= 4 is 9.84 Å². The van der Waals surface area contributed by atoms with Crippen LogP contribution in [0.1, 0.15) is 25.1 Å². The number of aryl methyl sites for hydroxylation is 1. The van der Waals surface area contributed by atoms with E-state index in [2.05, 4.69) is 4.98 Å². The van der Waals surface area contributed by atoms with E-state index < -0.39 is 15.9 Å². The second-order valence-corrected chi connectivity index (χ2v) is 6.44. The van der Waals surface area contributed by atoms with Crippen molar-refractivity contribution in [2.24, 2.45) is 5.92 Å². The molecule has 2 atom stereocenters. The number of rotatable bonds is 3. The van der Waals surface area contributed by atoms with Crippen LogP contribution in [0.3, 0.4) is 0 Å². The lowest BCUT2D eigenvalue weighted by atomic mass is 10.00. The molecule has 0 spiro atoms. The number of imidazole rings is 1. The molecule has 0 aromatic carbocycles. The molecule has 1 N–H and O–H groups in total. The smallest absolute Gasteiger partial charge is 0.150 e. The summed E-state index contributed by atoms with van der Waals surface area (Å²) in [5.41, 5.74) is 0.713. The summed E-state index contributed by atoms with van der Waals surface area (Å²) in [7, 11) is -2.94. The van der Waals surface area contributed by atoms with Gasteiger partial charge in [-0.3, -0.25) is 0 Å². The quantitative estimate of drug-likeness (QED) is 0.834. The zero-order valence-electron chi connectivity index (χ0n) is 9.20. The number of sulfone groups is 1. The van der Waals surface area contributed by atoms with Gasteiger partial charge in [-0.05, 0) is 13.3 Å². The van der Waals surface area contributed by atoms with Crippen LogP contribution in [-0.2, 0) is 16.4 Å². The predicted molar refractivity (Wildman–Crippen MR) is 59.6 cm³/mol. The molecule has 6 heteroatoms. The van der Waals surface area contributed by atoms with E-state index in [9.17, 15) is 13.5 Å². The summed E-state index contributed by atoms with van der Waals surface area (Å²) in [4.78, 5) is 3.98. The first-order chi connectivity index (χ1) is 7.53. The fraction of sp³-hybridized carbons (Fsp3) is 0.700. The summed E-state index contributed by atoms with van der Waals surface area (Å²) in [6.45, 7) is 2.69. The number of aliphatic hydroxyl groups is 1. The minimum absolute atomic E-state index is 0.0864. The van der Waals surface area contributed by atoms with E-state index in [1.165, 1.54) is 0 Å². The van der Waals surface area contributed by atoms with Gasteiger partial charge in [0.2, 0.25) is 0 Å². The van der Waals surface area contributed by atoms with Crippen molar-refractivity contribution in [3.05, 3.63) is 18.2 Å². The van der Waals surface area contributed by atoms with E-state index in [0.29, 0.717) is 12.1 Å². The van der Waals surface area contributed by atoms with Crippen LogP contribution in [0.2, 0.25) is 0 Å². The zero-order valence-corrected chi connectivity index (χ0v) is 10.0. The van der Waals surface area contributed by atoms with Crippen molar-refractivity contribution in [2.75, 3.05) is 11.5 Å². The maximum Gasteiger partial charge on any atom is 0.150 e. The van der Waals surface area contributed by atoms with E-state index in [1.54, 1.807) is 12.5 Å². The molecule has 2 unspecified atom stereocenters. The van der Waals surface area contributed by atoms with Crippen LogP contribution >= 0.6 is 0 Å². The Bertz CT molecular complexity index is 466. The standard InChI is InChI=1S/C10H16N2O3S/c1-2-12-7-11-5-9(12)10(13)8-3-4-16(14,15)6-8/h5,7-8,10,13H,2-4,6H2,1H3. The second-order valence-electron chi connectivity index (χ2n) is 4.21. The third-order valence-corrected chi connectivity index (χ3v) is 4.90. The minimum Gasteiger partial charge on any atom is -0.386 e. The van der Waals surface area contributed by atoms with Crippen molar-refractivity contribution in [3.63, 3.8) is 0 Å². The van der Waals surface area contributed by atoms with Gasteiger partial charge in [-0.15, -0.1) is 0 Å². The van der Waals surface area contributed by atoms with E-state index >= 15 is 0 Å². The molecular formula is C10H16N2O3S. The fourth-order valence-electron chi connectivity index (χ4n) is 2.16. The highest BCUT2D eigenvalue weighted by atomic mass is 32.2. The maximum absolute atomic E-state index is 11.3. The van der Waals surface area contributed by atoms with Gasteiger partial charge in [-0.2, -0.15) is 0 Å². The van der Waals surface area contributed by atoms with Crippen molar-refractivity contribution in [3.8, 4) is 0 Å². The molecule has 1 aromatic rings. The molecule has 1 aliphatic rings. The first-order valence-corrected chi connectivity index (χ1v) is 7.24. The average molecular weight is 244 g/mol. The van der Waals surface area contributed by atoms with E-state index in [0.717, 1.165) is 6.54 Å². The molecule has 0 saturated carbocycles. The second kappa shape index (κ2) is 4.18. The monoisotopic (exact) mass is 244 g/mol.